The van der Waals surface area contributed by atoms with Gasteiger partial charge in [0.15, 0.2) is 11.4 Å². The number of carbonyl (C=O) groups is 4. The third kappa shape index (κ3) is 15.3. The molecule has 22 heteroatoms. The van der Waals surface area contributed by atoms with E-state index < -0.39 is 34.2 Å². The Morgan fingerprint density at radius 1 is 0.607 bits per heavy atom. The van der Waals surface area contributed by atoms with Crippen LogP contribution in [0.3, 0.4) is 0 Å². The molecule has 4 aliphatic heterocycles. The van der Waals surface area contributed by atoms with Gasteiger partial charge in [-0.3, -0.25) is 19.9 Å². The van der Waals surface area contributed by atoms with Crippen molar-refractivity contribution in [2.45, 2.75) is 142 Å². The van der Waals surface area contributed by atoms with Gasteiger partial charge in [0.1, 0.15) is 17.0 Å². The molecule has 0 radical (unpaired) electrons. The lowest BCUT2D eigenvalue weighted by Gasteiger charge is -2.45. The topological polar surface area (TPSA) is 232 Å². The highest BCUT2D eigenvalue weighted by molar-refractivity contribution is 5.89. The van der Waals surface area contributed by atoms with E-state index in [1.165, 1.54) is 127 Å². The van der Waals surface area contributed by atoms with Crippen molar-refractivity contribution in [3.63, 3.8) is 0 Å². The van der Waals surface area contributed by atoms with Crippen molar-refractivity contribution in [1.29, 1.82) is 0 Å². The van der Waals surface area contributed by atoms with Gasteiger partial charge in [-0.2, -0.15) is 29.8 Å². The van der Waals surface area contributed by atoms with Gasteiger partial charge in [-0.1, -0.05) is 12.1 Å². The number of hydrogen-bond acceptors (Lipinski definition) is 16. The van der Waals surface area contributed by atoms with Crippen molar-refractivity contribution in [1.82, 2.24) is 59.1 Å². The van der Waals surface area contributed by atoms with Gasteiger partial charge >= 0.3 is 24.1 Å². The molecule has 4 aromatic heterocycles. The number of non-ortho nitro benzene ring substituents is 1. The Bertz CT molecular complexity index is 3400. The number of aromatic nitrogens is 8. The monoisotopic (exact) mass is 1150 g/mol. The first-order valence-corrected chi connectivity index (χ1v) is 28.8. The summed E-state index contributed by atoms with van der Waals surface area (Å²) in [6.45, 7) is 22.8. The summed E-state index contributed by atoms with van der Waals surface area (Å²) in [7, 11) is 0. The summed E-state index contributed by atoms with van der Waals surface area (Å²) in [5.41, 5.74) is 6.73. The number of esters is 2. The highest BCUT2D eigenvalue weighted by Crippen LogP contribution is 2.40. The van der Waals surface area contributed by atoms with Crippen molar-refractivity contribution >= 4 is 29.8 Å². The number of rotatable bonds is 10. The molecular weight excluding hydrogens is 1070 g/mol. The molecule has 444 valence electrons. The molecule has 0 saturated carbocycles. The Hall–Kier alpha value is -8.34. The number of amides is 1. The molecule has 2 spiro atoms. The average molecular weight is 1150 g/mol. The van der Waals surface area contributed by atoms with Gasteiger partial charge in [-0.05, 0) is 216 Å². The Morgan fingerprint density at radius 3 is 1.55 bits per heavy atom. The molecule has 11 rings (SSSR count). The number of nitrogens with one attached hydrogen (secondary N) is 1. The van der Waals surface area contributed by atoms with E-state index in [4.69, 9.17) is 14.2 Å². The number of nitro benzene ring substituents is 1. The molecule has 0 atom stereocenters. The number of benzene rings is 3. The maximum Gasteiger partial charge on any atom is 0.440 e. The number of ether oxygens (including phenoxy) is 3. The van der Waals surface area contributed by atoms with Crippen LogP contribution in [0, 0.1) is 24.0 Å². The molecule has 1 N–H and O–H groups in total. The normalized spacial score (nSPS) is 16.8. The molecule has 3 aromatic carbocycles. The van der Waals surface area contributed by atoms with Crippen molar-refractivity contribution in [3.05, 3.63) is 166 Å². The first-order chi connectivity index (χ1) is 40.0. The highest BCUT2D eigenvalue weighted by atomic mass is 16.6. The van der Waals surface area contributed by atoms with Gasteiger partial charge in [-0.25, -0.2) is 28.5 Å². The van der Waals surface area contributed by atoms with Crippen LogP contribution in [-0.2, 0) is 22.6 Å². The first kappa shape index (κ1) is 60.3. The zero-order chi connectivity index (χ0) is 59.8. The fourth-order valence-electron chi connectivity index (χ4n) is 11.7. The minimum Gasteiger partial charge on any atom is -0.455 e. The minimum absolute atomic E-state index is 0.0365. The predicted molar refractivity (Wildman–Crippen MR) is 314 cm³/mol. The second-order valence-corrected chi connectivity index (χ2v) is 24.2. The van der Waals surface area contributed by atoms with Crippen LogP contribution in [0.4, 0.5) is 15.3 Å². The zero-order valence-corrected chi connectivity index (χ0v) is 49.4. The van der Waals surface area contributed by atoms with E-state index in [1.54, 1.807) is 53.9 Å². The molecule has 0 unspecified atom stereocenters. The fraction of sp³-hybridized carbons (Fsp3) is 0.452. The van der Waals surface area contributed by atoms with Gasteiger partial charge in [0.05, 0.1) is 16.3 Å². The maximum absolute atomic E-state index is 13.1. The van der Waals surface area contributed by atoms with Gasteiger partial charge in [0.2, 0.25) is 0 Å². The number of piperidine rings is 2. The summed E-state index contributed by atoms with van der Waals surface area (Å²) in [4.78, 5) is 66.4. The molecule has 0 aliphatic carbocycles. The van der Waals surface area contributed by atoms with Crippen molar-refractivity contribution < 1.29 is 38.3 Å². The lowest BCUT2D eigenvalue weighted by Crippen LogP contribution is -2.53. The van der Waals surface area contributed by atoms with Crippen LogP contribution < -0.4 is 10.1 Å². The number of nitro groups is 1. The molecule has 0 bridgehead atoms. The number of hydrogen-bond donors (Lipinski definition) is 1. The molecule has 8 heterocycles. The Labute approximate surface area is 489 Å². The SMILES string of the molecule is CC(C)(C)OC(=O)c1ccn(C(=O)Oc2ccc([N+](=O)[O-])cc2)n1.Cc1cc(CN2CCCC23CCN(C(=O)n2ccc(C(=O)OC(C)(C)C)n2)CC3)cc(-n2cccn2)c1.Cc1cc(CN2CCCC23CCNCC3)cc(-n2cccn2)c1. The third-order valence-electron chi connectivity index (χ3n) is 15.5. The summed E-state index contributed by atoms with van der Waals surface area (Å²) in [6, 6.07) is 25.1. The van der Waals surface area contributed by atoms with Crippen LogP contribution in [0.2, 0.25) is 0 Å². The standard InChI is InChI=1S/C28H36N6O3.C19H26N4.C15H15N3O6/c1-21-17-22(19-23(18-21)33-13-6-11-29-33)20-32-12-5-8-28(32)9-15-31(16-10-28)26(36)34-14-7-24(30-34)25(35)37-27(2,3)4;1-16-12-17(14-18(13-16)23-11-3-7-21-23)15-22-10-2-4-19(22)5-8-20-9-6-19;1-15(2,3)24-13(19)12-8-9-17(16-12)14(20)23-11-6-4-10(5-7-11)18(21)22/h6-7,11,13-14,17-19H,5,8-10,12,15-16,20H2,1-4H3;3,7,11-14,20H,2,4-6,8-10,15H2,1H3;4-9H,1-3H3. The van der Waals surface area contributed by atoms with E-state index in [0.717, 1.165) is 49.3 Å². The van der Waals surface area contributed by atoms with Crippen LogP contribution in [-0.4, -0.2) is 144 Å². The molecule has 7 aromatic rings. The molecular formula is C62H77N13O9. The highest BCUT2D eigenvalue weighted by Gasteiger charge is 2.44. The first-order valence-electron chi connectivity index (χ1n) is 28.8. The maximum atomic E-state index is 13.1. The largest absolute Gasteiger partial charge is 0.455 e. The smallest absolute Gasteiger partial charge is 0.440 e. The summed E-state index contributed by atoms with van der Waals surface area (Å²) in [5.74, 6) is -1.07. The van der Waals surface area contributed by atoms with Crippen molar-refractivity contribution in [2.24, 2.45) is 0 Å². The van der Waals surface area contributed by atoms with Gasteiger partial charge in [-0.15, -0.1) is 0 Å². The molecule has 4 saturated heterocycles. The van der Waals surface area contributed by atoms with E-state index in [9.17, 15) is 29.3 Å². The van der Waals surface area contributed by atoms with Crippen molar-refractivity contribution in [2.75, 3.05) is 39.3 Å². The van der Waals surface area contributed by atoms with E-state index in [2.05, 4.69) is 85.8 Å². The summed E-state index contributed by atoms with van der Waals surface area (Å²) in [6.07, 6.45) is 19.0. The number of aryl methyl sites for hydroxylation is 2. The average Bonchev–Trinajstić information content (AvgIpc) is 2.66. The van der Waals surface area contributed by atoms with Crippen LogP contribution >= 0.6 is 0 Å². The van der Waals surface area contributed by atoms with Crippen LogP contribution in [0.25, 0.3) is 11.4 Å². The quantitative estimate of drug-likeness (QED) is 0.0762. The summed E-state index contributed by atoms with van der Waals surface area (Å²) in [5, 5.41) is 30.8. The minimum atomic E-state index is -0.862. The van der Waals surface area contributed by atoms with E-state index in [0.29, 0.717) is 18.6 Å². The number of nitrogens with zero attached hydrogens (tertiary/aromatic N) is 12. The van der Waals surface area contributed by atoms with E-state index in [-0.39, 0.29) is 34.4 Å². The fourth-order valence-corrected chi connectivity index (χ4v) is 11.7. The summed E-state index contributed by atoms with van der Waals surface area (Å²) >= 11 is 0. The predicted octanol–water partition coefficient (Wildman–Crippen LogP) is 10.1. The Morgan fingerprint density at radius 2 is 1.08 bits per heavy atom. The van der Waals surface area contributed by atoms with Crippen LogP contribution in [0.5, 0.6) is 5.75 Å². The third-order valence-corrected chi connectivity index (χ3v) is 15.5. The molecule has 4 fully saturated rings. The molecule has 22 nitrogen and oxygen atoms in total. The Balaban J connectivity index is 0.000000158. The number of carbonyl (C=O) groups excluding carboxylic acids is 4. The number of likely N-dealkylation sites (tertiary alicyclic amines) is 3. The summed E-state index contributed by atoms with van der Waals surface area (Å²) < 4.78 is 21.5. The molecule has 4 aliphatic rings. The Kier molecular flexibility index (Phi) is 18.4. The molecule has 84 heavy (non-hydrogen) atoms. The van der Waals surface area contributed by atoms with Gasteiger partial charge in [0.25, 0.3) is 5.69 Å². The van der Waals surface area contributed by atoms with Gasteiger partial charge < -0.3 is 24.4 Å². The zero-order valence-electron chi connectivity index (χ0n) is 49.4. The van der Waals surface area contributed by atoms with Crippen molar-refractivity contribution in [3.8, 4) is 17.1 Å². The second kappa shape index (κ2) is 25.7. The van der Waals surface area contributed by atoms with E-state index in [1.807, 2.05) is 45.0 Å². The van der Waals surface area contributed by atoms with E-state index >= 15 is 0 Å². The van der Waals surface area contributed by atoms with Crippen LogP contribution in [0.15, 0.2) is 122 Å². The lowest BCUT2D eigenvalue weighted by molar-refractivity contribution is -0.384. The lowest BCUT2D eigenvalue weighted by atomic mass is 9.84. The molecule has 1 amide bonds. The second-order valence-electron chi connectivity index (χ2n) is 24.2. The van der Waals surface area contributed by atoms with Crippen LogP contribution in [0.1, 0.15) is 136 Å². The van der Waals surface area contributed by atoms with Gasteiger partial charge in [0, 0.05) is 86.6 Å².